The highest BCUT2D eigenvalue weighted by Gasteiger charge is 2.27. The summed E-state index contributed by atoms with van der Waals surface area (Å²) in [4.78, 5) is 13.4. The van der Waals surface area contributed by atoms with E-state index in [4.69, 9.17) is 9.84 Å². The Morgan fingerprint density at radius 1 is 1.59 bits per heavy atom. The van der Waals surface area contributed by atoms with Crippen molar-refractivity contribution in [3.8, 4) is 0 Å². The van der Waals surface area contributed by atoms with Crippen LogP contribution in [-0.4, -0.2) is 37.4 Å². The summed E-state index contributed by atoms with van der Waals surface area (Å²) in [5, 5.41) is 9.93. The van der Waals surface area contributed by atoms with Crippen LogP contribution < -0.4 is 4.90 Å². The Balaban J connectivity index is 2.09. The van der Waals surface area contributed by atoms with Crippen molar-refractivity contribution in [2.75, 3.05) is 25.1 Å². The van der Waals surface area contributed by atoms with Crippen molar-refractivity contribution < 1.29 is 14.6 Å². The van der Waals surface area contributed by atoms with Crippen LogP contribution >= 0.6 is 11.3 Å². The van der Waals surface area contributed by atoms with Crippen LogP contribution in [0.25, 0.3) is 0 Å². The van der Waals surface area contributed by atoms with Crippen molar-refractivity contribution in [2.24, 2.45) is 5.92 Å². The summed E-state index contributed by atoms with van der Waals surface area (Å²) < 4.78 is 5.46. The Morgan fingerprint density at radius 3 is 2.94 bits per heavy atom. The minimum Gasteiger partial charge on any atom is -0.477 e. The number of hydrogen-bond acceptors (Lipinski definition) is 4. The van der Waals surface area contributed by atoms with Gasteiger partial charge in [-0.1, -0.05) is 6.92 Å². The lowest BCUT2D eigenvalue weighted by atomic mass is 9.96. The lowest BCUT2D eigenvalue weighted by Crippen LogP contribution is -2.43. The van der Waals surface area contributed by atoms with E-state index in [2.05, 4.69) is 11.8 Å². The fraction of sp³-hybridized carbons (Fsp3) is 0.583. The van der Waals surface area contributed by atoms with Crippen molar-refractivity contribution in [1.29, 1.82) is 0 Å². The Bertz CT molecular complexity index is 404. The van der Waals surface area contributed by atoms with Crippen LogP contribution in [0.1, 0.15) is 23.0 Å². The second-order valence-electron chi connectivity index (χ2n) is 4.43. The number of carboxylic acid groups (broad SMARTS) is 1. The smallest absolute Gasteiger partial charge is 0.345 e. The molecule has 2 rings (SSSR count). The number of carbonyl (C=O) groups is 1. The van der Waals surface area contributed by atoms with Crippen molar-refractivity contribution in [3.63, 3.8) is 0 Å². The van der Waals surface area contributed by atoms with Gasteiger partial charge in [0.2, 0.25) is 0 Å². The zero-order chi connectivity index (χ0) is 12.4. The van der Waals surface area contributed by atoms with E-state index < -0.39 is 5.97 Å². The van der Waals surface area contributed by atoms with Crippen LogP contribution in [-0.2, 0) is 4.74 Å². The van der Waals surface area contributed by atoms with Gasteiger partial charge in [-0.05, 0) is 24.5 Å². The molecule has 0 aliphatic carbocycles. The highest BCUT2D eigenvalue weighted by atomic mass is 32.1. The molecule has 0 saturated carbocycles. The lowest BCUT2D eigenvalue weighted by molar-refractivity contribution is 0.0500. The number of rotatable bonds is 3. The van der Waals surface area contributed by atoms with Gasteiger partial charge in [-0.25, -0.2) is 4.79 Å². The molecule has 0 spiro atoms. The Labute approximate surface area is 105 Å². The molecule has 0 amide bonds. The average Bonchev–Trinajstić information content (AvgIpc) is 2.79. The van der Waals surface area contributed by atoms with Crippen molar-refractivity contribution in [3.05, 3.63) is 17.0 Å². The zero-order valence-electron chi connectivity index (χ0n) is 10.0. The maximum atomic E-state index is 10.8. The van der Waals surface area contributed by atoms with Gasteiger partial charge in [0.05, 0.1) is 11.1 Å². The molecule has 94 valence electrons. The third kappa shape index (κ3) is 2.61. The SMILES string of the molecule is COC1CN(c2ccc(C(=O)O)s2)CCC1C. The standard InChI is InChI=1S/C12H17NO3S/c1-8-5-6-13(7-9(8)16-2)11-4-3-10(17-11)12(14)15/h3-4,8-9H,5-7H2,1-2H3,(H,14,15). The molecule has 1 N–H and O–H groups in total. The number of ether oxygens (including phenoxy) is 1. The summed E-state index contributed by atoms with van der Waals surface area (Å²) in [6, 6.07) is 3.55. The van der Waals surface area contributed by atoms with Gasteiger partial charge in [0.25, 0.3) is 0 Å². The molecule has 1 aromatic rings. The number of thiophene rings is 1. The minimum atomic E-state index is -0.852. The van der Waals surface area contributed by atoms with Crippen molar-refractivity contribution in [1.82, 2.24) is 0 Å². The van der Waals surface area contributed by atoms with Crippen LogP contribution in [0.15, 0.2) is 12.1 Å². The average molecular weight is 255 g/mol. The van der Waals surface area contributed by atoms with Crippen molar-refractivity contribution in [2.45, 2.75) is 19.4 Å². The fourth-order valence-electron chi connectivity index (χ4n) is 2.15. The van der Waals surface area contributed by atoms with E-state index in [0.717, 1.165) is 24.5 Å². The van der Waals surface area contributed by atoms with E-state index in [1.165, 1.54) is 11.3 Å². The molecule has 4 nitrogen and oxygen atoms in total. The summed E-state index contributed by atoms with van der Waals surface area (Å²) in [6.07, 6.45) is 1.32. The number of methoxy groups -OCH3 is 1. The molecule has 1 saturated heterocycles. The van der Waals surface area contributed by atoms with Gasteiger partial charge < -0.3 is 14.7 Å². The summed E-state index contributed by atoms with van der Waals surface area (Å²) >= 11 is 1.33. The third-order valence-corrected chi connectivity index (χ3v) is 4.44. The first kappa shape index (κ1) is 12.4. The second-order valence-corrected chi connectivity index (χ2v) is 5.49. The molecule has 1 aliphatic rings. The molecule has 0 bridgehead atoms. The Morgan fingerprint density at radius 2 is 2.35 bits per heavy atom. The highest BCUT2D eigenvalue weighted by Crippen LogP contribution is 2.30. The number of hydrogen-bond donors (Lipinski definition) is 1. The maximum Gasteiger partial charge on any atom is 0.345 e. The second kappa shape index (κ2) is 5.06. The summed E-state index contributed by atoms with van der Waals surface area (Å²) in [5.74, 6) is -0.287. The summed E-state index contributed by atoms with van der Waals surface area (Å²) in [7, 11) is 1.74. The molecule has 1 fully saturated rings. The molecule has 1 aromatic heterocycles. The van der Waals surface area contributed by atoms with E-state index in [1.807, 2.05) is 6.07 Å². The van der Waals surface area contributed by atoms with Gasteiger partial charge in [-0.15, -0.1) is 11.3 Å². The molecule has 2 atom stereocenters. The fourth-order valence-corrected chi connectivity index (χ4v) is 3.03. The number of aromatic carboxylic acids is 1. The van der Waals surface area contributed by atoms with Gasteiger partial charge in [-0.2, -0.15) is 0 Å². The van der Waals surface area contributed by atoms with Gasteiger partial charge in [0.1, 0.15) is 4.88 Å². The number of anilines is 1. The quantitative estimate of drug-likeness (QED) is 0.900. The summed E-state index contributed by atoms with van der Waals surface area (Å²) in [5.41, 5.74) is 0. The van der Waals surface area contributed by atoms with E-state index in [-0.39, 0.29) is 6.10 Å². The lowest BCUT2D eigenvalue weighted by Gasteiger charge is -2.36. The monoisotopic (exact) mass is 255 g/mol. The molecule has 0 radical (unpaired) electrons. The predicted octanol–water partition coefficient (Wildman–Crippen LogP) is 2.31. The molecule has 2 unspecified atom stereocenters. The van der Waals surface area contributed by atoms with Crippen LogP contribution in [0.4, 0.5) is 5.00 Å². The van der Waals surface area contributed by atoms with Gasteiger partial charge in [-0.3, -0.25) is 0 Å². The molecule has 5 heteroatoms. The summed E-state index contributed by atoms with van der Waals surface area (Å²) in [6.45, 7) is 4.01. The van der Waals surface area contributed by atoms with Gasteiger partial charge in [0, 0.05) is 20.2 Å². The van der Waals surface area contributed by atoms with E-state index in [0.29, 0.717) is 10.8 Å². The highest BCUT2D eigenvalue weighted by molar-refractivity contribution is 7.17. The van der Waals surface area contributed by atoms with Gasteiger partial charge in [0.15, 0.2) is 0 Å². The molecule has 2 heterocycles. The Kier molecular flexibility index (Phi) is 3.69. The van der Waals surface area contributed by atoms with Crippen LogP contribution in [0.5, 0.6) is 0 Å². The first-order chi connectivity index (χ1) is 8.11. The number of carboxylic acids is 1. The molecular weight excluding hydrogens is 238 g/mol. The Hall–Kier alpha value is -1.07. The van der Waals surface area contributed by atoms with E-state index in [9.17, 15) is 4.79 Å². The van der Waals surface area contributed by atoms with E-state index in [1.54, 1.807) is 13.2 Å². The van der Waals surface area contributed by atoms with Crippen LogP contribution in [0.2, 0.25) is 0 Å². The third-order valence-electron chi connectivity index (χ3n) is 3.31. The maximum absolute atomic E-state index is 10.8. The predicted molar refractivity (Wildman–Crippen MR) is 68.1 cm³/mol. The number of piperidine rings is 1. The topological polar surface area (TPSA) is 49.8 Å². The first-order valence-corrected chi connectivity index (χ1v) is 6.54. The normalized spacial score (nSPS) is 24.9. The zero-order valence-corrected chi connectivity index (χ0v) is 10.9. The molecule has 17 heavy (non-hydrogen) atoms. The van der Waals surface area contributed by atoms with Crippen LogP contribution in [0.3, 0.4) is 0 Å². The van der Waals surface area contributed by atoms with Crippen molar-refractivity contribution >= 4 is 22.3 Å². The number of nitrogens with zero attached hydrogens (tertiary/aromatic N) is 1. The molecule has 1 aliphatic heterocycles. The van der Waals surface area contributed by atoms with Gasteiger partial charge >= 0.3 is 5.97 Å². The molecular formula is C12H17NO3S. The van der Waals surface area contributed by atoms with Crippen LogP contribution in [0, 0.1) is 5.92 Å². The van der Waals surface area contributed by atoms with E-state index >= 15 is 0 Å². The minimum absolute atomic E-state index is 0.235. The first-order valence-electron chi connectivity index (χ1n) is 5.72. The molecule has 0 aromatic carbocycles. The largest absolute Gasteiger partial charge is 0.477 e.